The lowest BCUT2D eigenvalue weighted by Crippen LogP contribution is -1.97. The zero-order chi connectivity index (χ0) is 12.1. The largest absolute Gasteiger partial charge is 0.198 e. The average Bonchev–Trinajstić information content (AvgIpc) is 2.31. The fourth-order valence-corrected chi connectivity index (χ4v) is 2.09. The zero-order valence-corrected chi connectivity index (χ0v) is 11.3. The van der Waals surface area contributed by atoms with Crippen LogP contribution in [0.2, 0.25) is 0 Å². The molecular weight excluding hydrogens is 194 g/mol. The van der Waals surface area contributed by atoms with Gasteiger partial charge in [0.25, 0.3) is 0 Å². The SMILES string of the molecule is CCCCCCCCC(C#N)CCCCC. The molecule has 1 unspecified atom stereocenters. The molecule has 0 fully saturated rings. The fourth-order valence-electron chi connectivity index (χ4n) is 2.09. The Bertz CT molecular complexity index is 169. The third kappa shape index (κ3) is 10.0. The maximum absolute atomic E-state index is 9.02. The van der Waals surface area contributed by atoms with Gasteiger partial charge in [-0.15, -0.1) is 0 Å². The summed E-state index contributed by atoms with van der Waals surface area (Å²) in [5, 5.41) is 9.02. The molecule has 0 N–H and O–H groups in total. The van der Waals surface area contributed by atoms with Crippen molar-refractivity contribution in [1.29, 1.82) is 5.26 Å². The van der Waals surface area contributed by atoms with Crippen molar-refractivity contribution in [1.82, 2.24) is 0 Å². The van der Waals surface area contributed by atoms with E-state index in [1.165, 1.54) is 57.8 Å². The molecule has 1 atom stereocenters. The Balaban J connectivity index is 3.31. The molecule has 0 aliphatic rings. The molecule has 0 saturated carbocycles. The summed E-state index contributed by atoms with van der Waals surface area (Å²) in [7, 11) is 0. The molecule has 0 saturated heterocycles. The number of hydrogen-bond donors (Lipinski definition) is 0. The second-order valence-electron chi connectivity index (χ2n) is 4.88. The van der Waals surface area contributed by atoms with E-state index >= 15 is 0 Å². The lowest BCUT2D eigenvalue weighted by atomic mass is 9.96. The molecule has 0 heterocycles. The molecule has 1 nitrogen and oxygen atoms in total. The van der Waals surface area contributed by atoms with Gasteiger partial charge in [0.05, 0.1) is 6.07 Å². The third-order valence-corrected chi connectivity index (χ3v) is 3.24. The van der Waals surface area contributed by atoms with Gasteiger partial charge in [-0.3, -0.25) is 0 Å². The van der Waals surface area contributed by atoms with Crippen LogP contribution in [0, 0.1) is 17.2 Å². The van der Waals surface area contributed by atoms with Gasteiger partial charge in [-0.05, 0) is 12.8 Å². The molecule has 0 rings (SSSR count). The van der Waals surface area contributed by atoms with Crippen LogP contribution in [0.3, 0.4) is 0 Å². The van der Waals surface area contributed by atoms with Gasteiger partial charge in [0, 0.05) is 5.92 Å². The molecule has 0 aromatic carbocycles. The topological polar surface area (TPSA) is 23.8 Å². The van der Waals surface area contributed by atoms with Crippen LogP contribution in [-0.2, 0) is 0 Å². The molecule has 16 heavy (non-hydrogen) atoms. The van der Waals surface area contributed by atoms with Gasteiger partial charge in [0.15, 0.2) is 0 Å². The minimum atomic E-state index is 0.331. The summed E-state index contributed by atoms with van der Waals surface area (Å²) in [6.45, 7) is 4.47. The first kappa shape index (κ1) is 15.5. The van der Waals surface area contributed by atoms with Gasteiger partial charge in [-0.1, -0.05) is 71.6 Å². The Morgan fingerprint density at radius 2 is 1.19 bits per heavy atom. The summed E-state index contributed by atoms with van der Waals surface area (Å²) in [6, 6.07) is 2.46. The highest BCUT2D eigenvalue weighted by Gasteiger charge is 2.06. The van der Waals surface area contributed by atoms with Crippen LogP contribution in [0.1, 0.15) is 84.5 Å². The van der Waals surface area contributed by atoms with E-state index in [1.807, 2.05) is 0 Å². The summed E-state index contributed by atoms with van der Waals surface area (Å²) in [6.07, 6.45) is 14.1. The van der Waals surface area contributed by atoms with Crippen LogP contribution in [0.15, 0.2) is 0 Å². The lowest BCUT2D eigenvalue weighted by Gasteiger charge is -2.08. The Morgan fingerprint density at radius 1 is 0.750 bits per heavy atom. The Labute approximate surface area is 102 Å². The minimum absolute atomic E-state index is 0.331. The first-order chi connectivity index (χ1) is 7.85. The normalized spacial score (nSPS) is 12.3. The smallest absolute Gasteiger partial charge is 0.0655 e. The number of nitrogens with zero attached hydrogens (tertiary/aromatic N) is 1. The van der Waals surface area contributed by atoms with E-state index in [-0.39, 0.29) is 0 Å². The molecule has 0 aliphatic carbocycles. The molecule has 0 amide bonds. The standard InChI is InChI=1S/C15H29N/c1-3-5-7-8-9-11-13-15(14-16)12-10-6-4-2/h15H,3-13H2,1-2H3. The molecule has 0 aromatic heterocycles. The first-order valence-corrected chi connectivity index (χ1v) is 7.24. The predicted molar refractivity (Wildman–Crippen MR) is 71.2 cm³/mol. The highest BCUT2D eigenvalue weighted by atomic mass is 14.3. The molecule has 94 valence electrons. The van der Waals surface area contributed by atoms with Gasteiger partial charge in [0.2, 0.25) is 0 Å². The van der Waals surface area contributed by atoms with E-state index < -0.39 is 0 Å². The van der Waals surface area contributed by atoms with Gasteiger partial charge in [0.1, 0.15) is 0 Å². The van der Waals surface area contributed by atoms with Crippen molar-refractivity contribution in [3.8, 4) is 6.07 Å². The van der Waals surface area contributed by atoms with E-state index in [1.54, 1.807) is 0 Å². The highest BCUT2D eigenvalue weighted by Crippen LogP contribution is 2.17. The maximum Gasteiger partial charge on any atom is 0.0655 e. The summed E-state index contributed by atoms with van der Waals surface area (Å²) in [4.78, 5) is 0. The van der Waals surface area contributed by atoms with E-state index in [9.17, 15) is 0 Å². The summed E-state index contributed by atoms with van der Waals surface area (Å²) in [5.74, 6) is 0.331. The van der Waals surface area contributed by atoms with E-state index in [4.69, 9.17) is 5.26 Å². The van der Waals surface area contributed by atoms with E-state index in [0.717, 1.165) is 12.8 Å². The maximum atomic E-state index is 9.02. The molecule has 0 radical (unpaired) electrons. The number of unbranched alkanes of at least 4 members (excludes halogenated alkanes) is 7. The van der Waals surface area contributed by atoms with Crippen LogP contribution in [-0.4, -0.2) is 0 Å². The summed E-state index contributed by atoms with van der Waals surface area (Å²) >= 11 is 0. The Morgan fingerprint density at radius 3 is 1.75 bits per heavy atom. The second kappa shape index (κ2) is 12.6. The van der Waals surface area contributed by atoms with Crippen LogP contribution >= 0.6 is 0 Å². The monoisotopic (exact) mass is 223 g/mol. The van der Waals surface area contributed by atoms with E-state index in [0.29, 0.717) is 5.92 Å². The van der Waals surface area contributed by atoms with Gasteiger partial charge >= 0.3 is 0 Å². The minimum Gasteiger partial charge on any atom is -0.198 e. The Hall–Kier alpha value is -0.510. The molecule has 0 aromatic rings. The number of rotatable bonds is 11. The predicted octanol–water partition coefficient (Wildman–Crippen LogP) is 5.46. The second-order valence-corrected chi connectivity index (χ2v) is 4.88. The van der Waals surface area contributed by atoms with Crippen molar-refractivity contribution >= 4 is 0 Å². The van der Waals surface area contributed by atoms with Crippen molar-refractivity contribution in [2.45, 2.75) is 84.5 Å². The van der Waals surface area contributed by atoms with Crippen LogP contribution in [0.25, 0.3) is 0 Å². The number of hydrogen-bond acceptors (Lipinski definition) is 1. The zero-order valence-electron chi connectivity index (χ0n) is 11.3. The lowest BCUT2D eigenvalue weighted by molar-refractivity contribution is 0.480. The molecular formula is C15H29N. The van der Waals surface area contributed by atoms with Gasteiger partial charge in [-0.25, -0.2) is 0 Å². The third-order valence-electron chi connectivity index (χ3n) is 3.24. The van der Waals surface area contributed by atoms with Crippen molar-refractivity contribution in [3.63, 3.8) is 0 Å². The molecule has 0 aliphatic heterocycles. The van der Waals surface area contributed by atoms with Crippen LogP contribution in [0.4, 0.5) is 0 Å². The molecule has 0 spiro atoms. The number of nitriles is 1. The van der Waals surface area contributed by atoms with Crippen molar-refractivity contribution < 1.29 is 0 Å². The summed E-state index contributed by atoms with van der Waals surface area (Å²) < 4.78 is 0. The molecule has 1 heteroatoms. The van der Waals surface area contributed by atoms with E-state index in [2.05, 4.69) is 19.9 Å². The Kier molecular flexibility index (Phi) is 12.2. The van der Waals surface area contributed by atoms with Crippen LogP contribution < -0.4 is 0 Å². The summed E-state index contributed by atoms with van der Waals surface area (Å²) in [5.41, 5.74) is 0. The van der Waals surface area contributed by atoms with Crippen molar-refractivity contribution in [2.24, 2.45) is 5.92 Å². The van der Waals surface area contributed by atoms with Gasteiger partial charge in [-0.2, -0.15) is 5.26 Å². The van der Waals surface area contributed by atoms with Gasteiger partial charge < -0.3 is 0 Å². The fraction of sp³-hybridized carbons (Fsp3) is 0.933. The first-order valence-electron chi connectivity index (χ1n) is 7.24. The quantitative estimate of drug-likeness (QED) is 0.427. The molecule has 0 bridgehead atoms. The highest BCUT2D eigenvalue weighted by molar-refractivity contribution is 4.82. The van der Waals surface area contributed by atoms with Crippen molar-refractivity contribution in [3.05, 3.63) is 0 Å². The van der Waals surface area contributed by atoms with Crippen LogP contribution in [0.5, 0.6) is 0 Å². The average molecular weight is 223 g/mol. The van der Waals surface area contributed by atoms with Crippen molar-refractivity contribution in [2.75, 3.05) is 0 Å².